The van der Waals surface area contributed by atoms with Crippen molar-refractivity contribution in [3.63, 3.8) is 0 Å². The molecule has 1 aromatic rings. The molecule has 0 radical (unpaired) electrons. The van der Waals surface area contributed by atoms with Gasteiger partial charge in [0.05, 0.1) is 10.5 Å². The number of amides is 2. The minimum Gasteiger partial charge on any atom is -0.362 e. The summed E-state index contributed by atoms with van der Waals surface area (Å²) in [7, 11) is 0. The van der Waals surface area contributed by atoms with Gasteiger partial charge in [-0.1, -0.05) is 13.0 Å². The Morgan fingerprint density at radius 2 is 2.00 bits per heavy atom. The number of rotatable bonds is 2. The summed E-state index contributed by atoms with van der Waals surface area (Å²) in [5, 5.41) is 1.94. The molecule has 4 heterocycles. The number of nitrogens with zero attached hydrogens (tertiary/aromatic N) is 2. The third-order valence-electron chi connectivity index (χ3n) is 6.12. The fourth-order valence-electron chi connectivity index (χ4n) is 4.54. The van der Waals surface area contributed by atoms with Gasteiger partial charge in [-0.15, -0.1) is 11.3 Å². The largest absolute Gasteiger partial charge is 0.362 e. The van der Waals surface area contributed by atoms with Crippen LogP contribution in [0.5, 0.6) is 0 Å². The van der Waals surface area contributed by atoms with Crippen molar-refractivity contribution in [2.45, 2.75) is 50.7 Å². The Bertz CT molecular complexity index is 641. The minimum absolute atomic E-state index is 0.124. The minimum atomic E-state index is -0.278. The summed E-state index contributed by atoms with van der Waals surface area (Å²) in [4.78, 5) is 29.9. The van der Waals surface area contributed by atoms with Gasteiger partial charge in [0.15, 0.2) is 0 Å². The van der Waals surface area contributed by atoms with Crippen molar-refractivity contribution in [2.75, 3.05) is 26.2 Å². The van der Waals surface area contributed by atoms with Crippen LogP contribution in [-0.4, -0.2) is 59.5 Å². The molecule has 0 saturated carbocycles. The summed E-state index contributed by atoms with van der Waals surface area (Å²) >= 11 is 1.50. The number of hydrogen-bond acceptors (Lipinski definition) is 4. The molecule has 3 fully saturated rings. The van der Waals surface area contributed by atoms with E-state index in [1.807, 2.05) is 27.3 Å². The third-order valence-corrected chi connectivity index (χ3v) is 6.97. The Morgan fingerprint density at radius 1 is 1.20 bits per heavy atom. The highest BCUT2D eigenvalue weighted by atomic mass is 32.1. The van der Waals surface area contributed by atoms with Gasteiger partial charge >= 0.3 is 0 Å². The number of piperidine rings is 1. The van der Waals surface area contributed by atoms with Crippen molar-refractivity contribution < 1.29 is 14.3 Å². The SMILES string of the molecule is CC1CN(C(=O)c2cccs2)CCC12CCC(C(=O)N1CCCC1)O2. The molecule has 2 amide bonds. The zero-order chi connectivity index (χ0) is 17.4. The molecule has 0 aromatic carbocycles. The number of carbonyl (C=O) groups is 2. The molecule has 25 heavy (non-hydrogen) atoms. The number of carbonyl (C=O) groups excluding carboxylic acids is 2. The van der Waals surface area contributed by atoms with E-state index in [-0.39, 0.29) is 29.4 Å². The molecule has 0 bridgehead atoms. The molecule has 3 atom stereocenters. The van der Waals surface area contributed by atoms with Crippen LogP contribution in [0.3, 0.4) is 0 Å². The topological polar surface area (TPSA) is 49.9 Å². The van der Waals surface area contributed by atoms with Crippen molar-refractivity contribution >= 4 is 23.2 Å². The van der Waals surface area contributed by atoms with E-state index in [4.69, 9.17) is 4.74 Å². The zero-order valence-corrected chi connectivity index (χ0v) is 15.6. The molecule has 0 N–H and O–H groups in total. The van der Waals surface area contributed by atoms with E-state index >= 15 is 0 Å². The first-order valence-electron chi connectivity index (χ1n) is 9.38. The molecule has 0 aliphatic carbocycles. The predicted molar refractivity (Wildman–Crippen MR) is 96.7 cm³/mol. The Hall–Kier alpha value is -1.40. The standard InChI is InChI=1S/C19H26N2O3S/c1-14-13-21(18(23)16-5-4-12-25-16)11-8-19(14)7-6-15(24-19)17(22)20-9-2-3-10-20/h4-5,12,14-15H,2-3,6-11,13H2,1H3. The fraction of sp³-hybridized carbons (Fsp3) is 0.684. The summed E-state index contributed by atoms with van der Waals surface area (Å²) in [5.74, 6) is 0.555. The lowest BCUT2D eigenvalue weighted by Crippen LogP contribution is -2.53. The van der Waals surface area contributed by atoms with Crippen LogP contribution >= 0.6 is 11.3 Å². The number of ether oxygens (including phenoxy) is 1. The van der Waals surface area contributed by atoms with Crippen molar-refractivity contribution in [1.29, 1.82) is 0 Å². The second-order valence-electron chi connectivity index (χ2n) is 7.62. The summed E-state index contributed by atoms with van der Waals surface area (Å²) in [6, 6.07) is 3.81. The maximum atomic E-state index is 12.6. The van der Waals surface area contributed by atoms with E-state index in [2.05, 4.69) is 6.92 Å². The van der Waals surface area contributed by atoms with Crippen molar-refractivity contribution in [3.8, 4) is 0 Å². The molecule has 1 spiro atoms. The van der Waals surface area contributed by atoms with Crippen LogP contribution in [0.2, 0.25) is 0 Å². The number of likely N-dealkylation sites (tertiary alicyclic amines) is 2. The molecule has 6 heteroatoms. The Kier molecular flexibility index (Phi) is 4.58. The van der Waals surface area contributed by atoms with Gasteiger partial charge in [0.1, 0.15) is 6.10 Å². The highest BCUT2D eigenvalue weighted by Crippen LogP contribution is 2.43. The fourth-order valence-corrected chi connectivity index (χ4v) is 5.23. The average Bonchev–Trinajstić information content (AvgIpc) is 3.38. The average molecular weight is 362 g/mol. The highest BCUT2D eigenvalue weighted by molar-refractivity contribution is 7.12. The van der Waals surface area contributed by atoms with Gasteiger partial charge in [0.25, 0.3) is 11.8 Å². The van der Waals surface area contributed by atoms with Gasteiger partial charge in [-0.05, 0) is 43.6 Å². The molecule has 3 saturated heterocycles. The predicted octanol–water partition coefficient (Wildman–Crippen LogP) is 2.77. The van der Waals surface area contributed by atoms with Crippen LogP contribution in [0.1, 0.15) is 48.7 Å². The van der Waals surface area contributed by atoms with E-state index in [1.165, 1.54) is 11.3 Å². The van der Waals surface area contributed by atoms with Gasteiger partial charge in [0.2, 0.25) is 0 Å². The Balaban J connectivity index is 1.39. The van der Waals surface area contributed by atoms with Crippen molar-refractivity contribution in [2.24, 2.45) is 5.92 Å². The van der Waals surface area contributed by atoms with Gasteiger partial charge in [-0.2, -0.15) is 0 Å². The van der Waals surface area contributed by atoms with Crippen LogP contribution < -0.4 is 0 Å². The molecular formula is C19H26N2O3S. The third kappa shape index (κ3) is 3.10. The van der Waals surface area contributed by atoms with E-state index in [0.29, 0.717) is 13.1 Å². The Labute approximate surface area is 152 Å². The quantitative estimate of drug-likeness (QED) is 0.813. The molecular weight excluding hydrogens is 336 g/mol. The van der Waals surface area contributed by atoms with Crippen LogP contribution in [0, 0.1) is 5.92 Å². The first-order valence-corrected chi connectivity index (χ1v) is 10.3. The van der Waals surface area contributed by atoms with E-state index in [0.717, 1.165) is 50.1 Å². The summed E-state index contributed by atoms with van der Waals surface area (Å²) in [6.07, 6.45) is 4.52. The summed E-state index contributed by atoms with van der Waals surface area (Å²) in [6.45, 7) is 5.35. The van der Waals surface area contributed by atoms with Crippen molar-refractivity contribution in [1.82, 2.24) is 9.80 Å². The lowest BCUT2D eigenvalue weighted by Gasteiger charge is -2.44. The molecule has 136 valence electrons. The first-order chi connectivity index (χ1) is 12.1. The molecule has 3 unspecified atom stereocenters. The van der Waals surface area contributed by atoms with E-state index in [1.54, 1.807) is 0 Å². The van der Waals surface area contributed by atoms with Crippen LogP contribution in [0.25, 0.3) is 0 Å². The van der Waals surface area contributed by atoms with Crippen molar-refractivity contribution in [3.05, 3.63) is 22.4 Å². The first kappa shape index (κ1) is 17.0. The van der Waals surface area contributed by atoms with Gasteiger partial charge < -0.3 is 14.5 Å². The van der Waals surface area contributed by atoms with Gasteiger partial charge in [-0.25, -0.2) is 0 Å². The maximum Gasteiger partial charge on any atom is 0.263 e. The molecule has 3 aliphatic heterocycles. The maximum absolute atomic E-state index is 12.6. The summed E-state index contributed by atoms with van der Waals surface area (Å²) < 4.78 is 6.37. The lowest BCUT2D eigenvalue weighted by atomic mass is 9.80. The number of thiophene rings is 1. The Morgan fingerprint density at radius 3 is 2.68 bits per heavy atom. The van der Waals surface area contributed by atoms with Crippen LogP contribution in [0.4, 0.5) is 0 Å². The van der Waals surface area contributed by atoms with Crippen LogP contribution in [-0.2, 0) is 9.53 Å². The monoisotopic (exact) mass is 362 g/mol. The van der Waals surface area contributed by atoms with Crippen LogP contribution in [0.15, 0.2) is 17.5 Å². The highest BCUT2D eigenvalue weighted by Gasteiger charge is 2.50. The lowest BCUT2D eigenvalue weighted by molar-refractivity contribution is -0.154. The molecule has 1 aromatic heterocycles. The second-order valence-corrected chi connectivity index (χ2v) is 8.57. The molecule has 4 rings (SSSR count). The smallest absolute Gasteiger partial charge is 0.263 e. The summed E-state index contributed by atoms with van der Waals surface area (Å²) in [5.41, 5.74) is -0.230. The second kappa shape index (κ2) is 6.72. The van der Waals surface area contributed by atoms with E-state index < -0.39 is 0 Å². The normalized spacial score (nSPS) is 32.5. The number of hydrogen-bond donors (Lipinski definition) is 0. The molecule has 5 nitrogen and oxygen atoms in total. The van der Waals surface area contributed by atoms with E-state index in [9.17, 15) is 9.59 Å². The zero-order valence-electron chi connectivity index (χ0n) is 14.8. The van der Waals surface area contributed by atoms with Gasteiger partial charge in [-0.3, -0.25) is 9.59 Å². The van der Waals surface area contributed by atoms with Gasteiger partial charge in [0, 0.05) is 32.1 Å². The molecule has 3 aliphatic rings.